The van der Waals surface area contributed by atoms with Crippen molar-refractivity contribution in [1.29, 1.82) is 0 Å². The van der Waals surface area contributed by atoms with Crippen LogP contribution in [0.5, 0.6) is 5.75 Å². The van der Waals surface area contributed by atoms with E-state index in [1.165, 1.54) is 11.1 Å². The third kappa shape index (κ3) is 5.17. The van der Waals surface area contributed by atoms with E-state index in [1.807, 2.05) is 32.0 Å². The lowest BCUT2D eigenvalue weighted by Crippen LogP contribution is -2.30. The molecule has 3 aromatic rings. The lowest BCUT2D eigenvalue weighted by molar-refractivity contribution is -0.123. The number of benzene rings is 2. The Hall–Kier alpha value is -2.82. The summed E-state index contributed by atoms with van der Waals surface area (Å²) in [4.78, 5) is 16.6. The van der Waals surface area contributed by atoms with Crippen LogP contribution in [0.2, 0.25) is 0 Å². The minimum atomic E-state index is -0.00383. The van der Waals surface area contributed by atoms with E-state index in [4.69, 9.17) is 9.72 Å². The molecule has 1 N–H and O–H groups in total. The predicted octanol–water partition coefficient (Wildman–Crippen LogP) is 4.44. The average Bonchev–Trinajstić information content (AvgIpc) is 3.04. The van der Waals surface area contributed by atoms with Crippen LogP contribution < -0.4 is 10.1 Å². The number of nitrogens with zero attached hydrogens (tertiary/aromatic N) is 2. The van der Waals surface area contributed by atoms with Gasteiger partial charge in [-0.05, 0) is 43.5 Å². The van der Waals surface area contributed by atoms with Crippen molar-refractivity contribution in [2.45, 2.75) is 47.1 Å². The van der Waals surface area contributed by atoms with Gasteiger partial charge in [0.2, 0.25) is 5.91 Å². The van der Waals surface area contributed by atoms with Gasteiger partial charge in [-0.2, -0.15) is 0 Å². The molecule has 0 saturated heterocycles. The first-order valence-corrected chi connectivity index (χ1v) is 10.4. The van der Waals surface area contributed by atoms with Crippen LogP contribution in [-0.4, -0.2) is 28.6 Å². The van der Waals surface area contributed by atoms with Crippen LogP contribution in [0.15, 0.2) is 42.5 Å². The van der Waals surface area contributed by atoms with Crippen molar-refractivity contribution >= 4 is 16.9 Å². The number of fused-ring (bicyclic) bond motifs is 1. The topological polar surface area (TPSA) is 56.1 Å². The highest BCUT2D eigenvalue weighted by Gasteiger charge is 2.12. The standard InChI is InChI=1S/C24H31N3O2/c1-17(2)24(28)25-14-13-22-26-20-11-5-6-12-21(20)27(22)15-8-16-29-23-18(3)9-7-10-19(23)4/h5-7,9-12,17H,8,13-16H2,1-4H3,(H,25,28). The van der Waals surface area contributed by atoms with Crippen molar-refractivity contribution < 1.29 is 9.53 Å². The maximum atomic E-state index is 11.8. The summed E-state index contributed by atoms with van der Waals surface area (Å²) in [6.07, 6.45) is 1.60. The van der Waals surface area contributed by atoms with Crippen LogP contribution in [0.25, 0.3) is 11.0 Å². The molecule has 5 heteroatoms. The molecule has 0 saturated carbocycles. The van der Waals surface area contributed by atoms with E-state index < -0.39 is 0 Å². The fourth-order valence-corrected chi connectivity index (χ4v) is 3.49. The molecular formula is C24H31N3O2. The molecule has 0 aliphatic rings. The van der Waals surface area contributed by atoms with Gasteiger partial charge in [0.15, 0.2) is 0 Å². The van der Waals surface area contributed by atoms with E-state index in [1.54, 1.807) is 0 Å². The number of hydrogen-bond donors (Lipinski definition) is 1. The molecule has 29 heavy (non-hydrogen) atoms. The molecule has 5 nitrogen and oxygen atoms in total. The van der Waals surface area contributed by atoms with Gasteiger partial charge in [-0.1, -0.05) is 44.2 Å². The van der Waals surface area contributed by atoms with Gasteiger partial charge in [-0.3, -0.25) is 4.79 Å². The van der Waals surface area contributed by atoms with Gasteiger partial charge in [0.1, 0.15) is 11.6 Å². The van der Waals surface area contributed by atoms with Gasteiger partial charge in [-0.25, -0.2) is 4.98 Å². The number of aromatic nitrogens is 2. The van der Waals surface area contributed by atoms with E-state index in [0.717, 1.165) is 35.6 Å². The highest BCUT2D eigenvalue weighted by Crippen LogP contribution is 2.23. The molecule has 0 aliphatic carbocycles. The van der Waals surface area contributed by atoms with Crippen molar-refractivity contribution in [3.05, 3.63) is 59.4 Å². The van der Waals surface area contributed by atoms with Crippen molar-refractivity contribution in [2.75, 3.05) is 13.2 Å². The smallest absolute Gasteiger partial charge is 0.222 e. The Morgan fingerprint density at radius 3 is 2.55 bits per heavy atom. The number of aryl methyl sites for hydroxylation is 3. The number of carbonyl (C=O) groups is 1. The zero-order valence-electron chi connectivity index (χ0n) is 17.9. The summed E-state index contributed by atoms with van der Waals surface area (Å²) in [5, 5.41) is 2.99. The van der Waals surface area contributed by atoms with Crippen LogP contribution in [-0.2, 0) is 17.8 Å². The quantitative estimate of drug-likeness (QED) is 0.547. The summed E-state index contributed by atoms with van der Waals surface area (Å²) in [6, 6.07) is 14.4. The molecule has 1 heterocycles. The average molecular weight is 394 g/mol. The Morgan fingerprint density at radius 2 is 1.83 bits per heavy atom. The molecule has 0 unspecified atom stereocenters. The van der Waals surface area contributed by atoms with Crippen molar-refractivity contribution in [3.63, 3.8) is 0 Å². The molecule has 0 bridgehead atoms. The molecule has 0 radical (unpaired) electrons. The molecule has 1 amide bonds. The lowest BCUT2D eigenvalue weighted by Gasteiger charge is -2.13. The van der Waals surface area contributed by atoms with Gasteiger partial charge >= 0.3 is 0 Å². The molecule has 3 rings (SSSR count). The highest BCUT2D eigenvalue weighted by molar-refractivity contribution is 5.78. The number of para-hydroxylation sites is 3. The Balaban J connectivity index is 1.65. The lowest BCUT2D eigenvalue weighted by atomic mass is 10.1. The maximum absolute atomic E-state index is 11.8. The summed E-state index contributed by atoms with van der Waals surface area (Å²) in [7, 11) is 0. The van der Waals surface area contributed by atoms with Gasteiger partial charge in [0.25, 0.3) is 0 Å². The molecule has 2 aromatic carbocycles. The second kappa shape index (κ2) is 9.59. The third-order valence-electron chi connectivity index (χ3n) is 5.09. The van der Waals surface area contributed by atoms with Crippen LogP contribution in [0.1, 0.15) is 37.2 Å². The normalized spacial score (nSPS) is 11.2. The fraction of sp³-hybridized carbons (Fsp3) is 0.417. The summed E-state index contributed by atoms with van der Waals surface area (Å²) in [5.74, 6) is 2.06. The van der Waals surface area contributed by atoms with Crippen LogP contribution in [0.3, 0.4) is 0 Å². The Labute approximate surface area is 173 Å². The molecule has 0 aliphatic heterocycles. The summed E-state index contributed by atoms with van der Waals surface area (Å²) in [5.41, 5.74) is 4.46. The molecule has 0 spiro atoms. The summed E-state index contributed by atoms with van der Waals surface area (Å²) in [6.45, 7) is 10.0. The second-order valence-corrected chi connectivity index (χ2v) is 7.79. The first-order valence-electron chi connectivity index (χ1n) is 10.4. The minimum Gasteiger partial charge on any atom is -0.493 e. The van der Waals surface area contributed by atoms with Crippen molar-refractivity contribution in [1.82, 2.24) is 14.9 Å². The number of rotatable bonds is 9. The maximum Gasteiger partial charge on any atom is 0.222 e. The molecule has 154 valence electrons. The van der Waals surface area contributed by atoms with Crippen LogP contribution in [0.4, 0.5) is 0 Å². The van der Waals surface area contributed by atoms with E-state index in [-0.39, 0.29) is 11.8 Å². The second-order valence-electron chi connectivity index (χ2n) is 7.79. The predicted molar refractivity (Wildman–Crippen MR) is 117 cm³/mol. The molecular weight excluding hydrogens is 362 g/mol. The third-order valence-corrected chi connectivity index (χ3v) is 5.09. The minimum absolute atomic E-state index is 0.00383. The monoisotopic (exact) mass is 393 g/mol. The first-order chi connectivity index (χ1) is 14.0. The molecule has 0 atom stereocenters. The first kappa shape index (κ1) is 20.9. The Bertz CT molecular complexity index is 955. The van der Waals surface area contributed by atoms with E-state index >= 15 is 0 Å². The fourth-order valence-electron chi connectivity index (χ4n) is 3.49. The van der Waals surface area contributed by atoms with Crippen molar-refractivity contribution in [3.8, 4) is 5.75 Å². The van der Waals surface area contributed by atoms with E-state index in [2.05, 4.69) is 48.0 Å². The van der Waals surface area contributed by atoms with Crippen LogP contribution >= 0.6 is 0 Å². The number of carbonyl (C=O) groups excluding carboxylic acids is 1. The van der Waals surface area contributed by atoms with Gasteiger partial charge in [-0.15, -0.1) is 0 Å². The highest BCUT2D eigenvalue weighted by atomic mass is 16.5. The molecule has 1 aromatic heterocycles. The summed E-state index contributed by atoms with van der Waals surface area (Å²) < 4.78 is 8.32. The van der Waals surface area contributed by atoms with Gasteiger partial charge in [0, 0.05) is 25.4 Å². The number of hydrogen-bond acceptors (Lipinski definition) is 3. The van der Waals surface area contributed by atoms with Crippen molar-refractivity contribution in [2.24, 2.45) is 5.92 Å². The van der Waals surface area contributed by atoms with Gasteiger partial charge in [0.05, 0.1) is 17.6 Å². The summed E-state index contributed by atoms with van der Waals surface area (Å²) >= 11 is 0. The molecule has 0 fully saturated rings. The number of imidazole rings is 1. The Kier molecular flexibility index (Phi) is 6.91. The number of nitrogens with one attached hydrogen (secondary N) is 1. The number of ether oxygens (including phenoxy) is 1. The zero-order valence-corrected chi connectivity index (χ0v) is 17.9. The van der Waals surface area contributed by atoms with E-state index in [9.17, 15) is 4.79 Å². The zero-order chi connectivity index (χ0) is 20.8. The largest absolute Gasteiger partial charge is 0.493 e. The number of amides is 1. The van der Waals surface area contributed by atoms with Crippen LogP contribution in [0, 0.1) is 19.8 Å². The Morgan fingerprint density at radius 1 is 1.10 bits per heavy atom. The SMILES string of the molecule is Cc1cccc(C)c1OCCCn1c(CCNC(=O)C(C)C)nc2ccccc21. The van der Waals surface area contributed by atoms with E-state index in [0.29, 0.717) is 19.6 Å². The van der Waals surface area contributed by atoms with Gasteiger partial charge < -0.3 is 14.6 Å².